The van der Waals surface area contributed by atoms with E-state index in [0.717, 1.165) is 12.8 Å². The molecule has 2 aromatic rings. The number of nitrogens with two attached hydrogens (primary N) is 1. The van der Waals surface area contributed by atoms with Gasteiger partial charge in [-0.2, -0.15) is 0 Å². The maximum atomic E-state index is 13.6. The van der Waals surface area contributed by atoms with E-state index in [0.29, 0.717) is 18.0 Å². The Morgan fingerprint density at radius 2 is 2.30 bits per heavy atom. The standard InChI is InChI=1S/C13H16FN5O/c1-8-6-10(4-5-20-8)19-13(16-17-18-19)9-2-3-12(15)11(14)7-9/h2-3,7-8,10H,4-6,15H2,1H3. The molecule has 1 aliphatic heterocycles. The molecule has 2 heterocycles. The lowest BCUT2D eigenvalue weighted by atomic mass is 10.0. The molecular weight excluding hydrogens is 261 g/mol. The van der Waals surface area contributed by atoms with Gasteiger partial charge in [-0.05, 0) is 48.4 Å². The topological polar surface area (TPSA) is 78.9 Å². The average molecular weight is 277 g/mol. The van der Waals surface area contributed by atoms with Crippen LogP contribution in [0.4, 0.5) is 10.1 Å². The number of aromatic nitrogens is 4. The fraction of sp³-hybridized carbons (Fsp3) is 0.462. The second-order valence-corrected chi connectivity index (χ2v) is 5.04. The minimum Gasteiger partial charge on any atom is -0.396 e. The molecular formula is C13H16FN5O. The summed E-state index contributed by atoms with van der Waals surface area (Å²) in [5, 5.41) is 11.8. The third kappa shape index (κ3) is 2.36. The Balaban J connectivity index is 1.95. The monoisotopic (exact) mass is 277 g/mol. The van der Waals surface area contributed by atoms with Gasteiger partial charge in [0.1, 0.15) is 5.82 Å². The summed E-state index contributed by atoms with van der Waals surface area (Å²) >= 11 is 0. The molecule has 6 nitrogen and oxygen atoms in total. The minimum atomic E-state index is -0.461. The molecule has 0 amide bonds. The Bertz CT molecular complexity index is 615. The quantitative estimate of drug-likeness (QED) is 0.847. The summed E-state index contributed by atoms with van der Waals surface area (Å²) in [6, 6.07) is 4.78. The van der Waals surface area contributed by atoms with E-state index in [1.807, 2.05) is 6.92 Å². The highest BCUT2D eigenvalue weighted by molar-refractivity contribution is 5.59. The zero-order valence-electron chi connectivity index (χ0n) is 11.2. The van der Waals surface area contributed by atoms with Crippen molar-refractivity contribution < 1.29 is 9.13 Å². The van der Waals surface area contributed by atoms with Crippen LogP contribution >= 0.6 is 0 Å². The molecule has 106 valence electrons. The van der Waals surface area contributed by atoms with Crippen LogP contribution in [-0.2, 0) is 4.74 Å². The summed E-state index contributed by atoms with van der Waals surface area (Å²) in [4.78, 5) is 0. The molecule has 1 fully saturated rings. The normalized spacial score (nSPS) is 22.9. The third-order valence-electron chi connectivity index (χ3n) is 3.55. The molecule has 0 aliphatic carbocycles. The molecule has 1 aromatic carbocycles. The van der Waals surface area contributed by atoms with E-state index < -0.39 is 5.82 Å². The van der Waals surface area contributed by atoms with Crippen LogP contribution in [0, 0.1) is 5.82 Å². The average Bonchev–Trinajstić information content (AvgIpc) is 2.91. The first-order chi connectivity index (χ1) is 9.65. The van der Waals surface area contributed by atoms with Crippen molar-refractivity contribution in [2.45, 2.75) is 31.9 Å². The Morgan fingerprint density at radius 1 is 1.45 bits per heavy atom. The van der Waals surface area contributed by atoms with E-state index in [4.69, 9.17) is 10.5 Å². The number of rotatable bonds is 2. The number of anilines is 1. The lowest BCUT2D eigenvalue weighted by Gasteiger charge is -2.27. The molecule has 1 saturated heterocycles. The van der Waals surface area contributed by atoms with Crippen molar-refractivity contribution >= 4 is 5.69 Å². The summed E-state index contributed by atoms with van der Waals surface area (Å²) in [5.41, 5.74) is 6.23. The first-order valence-corrected chi connectivity index (χ1v) is 6.60. The summed E-state index contributed by atoms with van der Waals surface area (Å²) in [7, 11) is 0. The summed E-state index contributed by atoms with van der Waals surface area (Å²) in [5.74, 6) is 0.0976. The van der Waals surface area contributed by atoms with E-state index in [-0.39, 0.29) is 17.8 Å². The molecule has 1 aromatic heterocycles. The number of benzene rings is 1. The molecule has 7 heteroatoms. The Morgan fingerprint density at radius 3 is 3.05 bits per heavy atom. The van der Waals surface area contributed by atoms with Gasteiger partial charge in [-0.25, -0.2) is 9.07 Å². The number of hydrogen-bond donors (Lipinski definition) is 1. The molecule has 0 bridgehead atoms. The molecule has 0 radical (unpaired) electrons. The van der Waals surface area contributed by atoms with Gasteiger partial charge < -0.3 is 10.5 Å². The van der Waals surface area contributed by atoms with Crippen molar-refractivity contribution in [3.63, 3.8) is 0 Å². The number of nitrogens with zero attached hydrogens (tertiary/aromatic N) is 4. The zero-order chi connectivity index (χ0) is 14.1. The van der Waals surface area contributed by atoms with Gasteiger partial charge in [0.25, 0.3) is 0 Å². The SMILES string of the molecule is CC1CC(n2nnnc2-c2ccc(N)c(F)c2)CCO1. The number of hydrogen-bond acceptors (Lipinski definition) is 5. The van der Waals surface area contributed by atoms with E-state index in [2.05, 4.69) is 15.5 Å². The highest BCUT2D eigenvalue weighted by atomic mass is 19.1. The second-order valence-electron chi connectivity index (χ2n) is 5.04. The number of nitrogen functional groups attached to an aromatic ring is 1. The number of tetrazole rings is 1. The molecule has 2 atom stereocenters. The van der Waals surface area contributed by atoms with Crippen LogP contribution in [0.3, 0.4) is 0 Å². The predicted molar refractivity (Wildman–Crippen MR) is 71.3 cm³/mol. The van der Waals surface area contributed by atoms with Gasteiger partial charge in [-0.3, -0.25) is 0 Å². The Kier molecular flexibility index (Phi) is 3.35. The lowest BCUT2D eigenvalue weighted by Crippen LogP contribution is -2.26. The number of halogens is 1. The van der Waals surface area contributed by atoms with Crippen LogP contribution in [0.15, 0.2) is 18.2 Å². The van der Waals surface area contributed by atoms with Gasteiger partial charge in [0.15, 0.2) is 5.82 Å². The zero-order valence-corrected chi connectivity index (χ0v) is 11.2. The van der Waals surface area contributed by atoms with E-state index in [1.165, 1.54) is 12.1 Å². The smallest absolute Gasteiger partial charge is 0.182 e. The van der Waals surface area contributed by atoms with Crippen molar-refractivity contribution in [3.8, 4) is 11.4 Å². The van der Waals surface area contributed by atoms with Crippen LogP contribution in [0.5, 0.6) is 0 Å². The lowest BCUT2D eigenvalue weighted by molar-refractivity contribution is 0.00350. The van der Waals surface area contributed by atoms with Crippen LogP contribution < -0.4 is 5.73 Å². The maximum absolute atomic E-state index is 13.6. The highest BCUT2D eigenvalue weighted by Gasteiger charge is 2.25. The largest absolute Gasteiger partial charge is 0.396 e. The third-order valence-corrected chi connectivity index (χ3v) is 3.55. The van der Waals surface area contributed by atoms with Gasteiger partial charge in [0.2, 0.25) is 0 Å². The minimum absolute atomic E-state index is 0.118. The molecule has 1 aliphatic rings. The molecule has 3 rings (SSSR count). The van der Waals surface area contributed by atoms with E-state index in [9.17, 15) is 4.39 Å². The highest BCUT2D eigenvalue weighted by Crippen LogP contribution is 2.28. The Labute approximate surface area is 115 Å². The molecule has 20 heavy (non-hydrogen) atoms. The number of ether oxygens (including phenoxy) is 1. The van der Waals surface area contributed by atoms with Crippen molar-refractivity contribution in [2.24, 2.45) is 0 Å². The maximum Gasteiger partial charge on any atom is 0.182 e. The van der Waals surface area contributed by atoms with Crippen molar-refractivity contribution in [1.82, 2.24) is 20.2 Å². The second kappa shape index (κ2) is 5.16. The van der Waals surface area contributed by atoms with Crippen LogP contribution in [0.1, 0.15) is 25.8 Å². The van der Waals surface area contributed by atoms with Crippen LogP contribution in [0.25, 0.3) is 11.4 Å². The van der Waals surface area contributed by atoms with Crippen molar-refractivity contribution in [3.05, 3.63) is 24.0 Å². The van der Waals surface area contributed by atoms with Gasteiger partial charge in [0, 0.05) is 12.2 Å². The first-order valence-electron chi connectivity index (χ1n) is 6.60. The fourth-order valence-electron chi connectivity index (χ4n) is 2.49. The summed E-state index contributed by atoms with van der Waals surface area (Å²) in [6.45, 7) is 2.71. The van der Waals surface area contributed by atoms with E-state index in [1.54, 1.807) is 10.7 Å². The van der Waals surface area contributed by atoms with E-state index >= 15 is 0 Å². The molecule has 2 N–H and O–H groups in total. The van der Waals surface area contributed by atoms with Gasteiger partial charge in [-0.1, -0.05) is 0 Å². The van der Waals surface area contributed by atoms with Gasteiger partial charge >= 0.3 is 0 Å². The first kappa shape index (κ1) is 13.0. The summed E-state index contributed by atoms with van der Waals surface area (Å²) < 4.78 is 20.9. The van der Waals surface area contributed by atoms with Crippen LogP contribution in [-0.4, -0.2) is 32.9 Å². The fourth-order valence-corrected chi connectivity index (χ4v) is 2.49. The summed E-state index contributed by atoms with van der Waals surface area (Å²) in [6.07, 6.45) is 1.86. The Hall–Kier alpha value is -2.02. The molecule has 0 saturated carbocycles. The van der Waals surface area contributed by atoms with Gasteiger partial charge in [-0.15, -0.1) is 5.10 Å². The van der Waals surface area contributed by atoms with Crippen molar-refractivity contribution in [1.29, 1.82) is 0 Å². The predicted octanol–water partition coefficient (Wildman–Crippen LogP) is 1.80. The van der Waals surface area contributed by atoms with Crippen LogP contribution in [0.2, 0.25) is 0 Å². The van der Waals surface area contributed by atoms with Crippen molar-refractivity contribution in [2.75, 3.05) is 12.3 Å². The van der Waals surface area contributed by atoms with Gasteiger partial charge in [0.05, 0.1) is 17.8 Å². The molecule has 2 unspecified atom stereocenters. The molecule has 0 spiro atoms.